The molecule has 17 heavy (non-hydrogen) atoms. The van der Waals surface area contributed by atoms with Crippen LogP contribution in [0.1, 0.15) is 11.8 Å². The number of rotatable bonds is 3. The average Bonchev–Trinajstić information content (AvgIpc) is 2.87. The minimum absolute atomic E-state index is 0.110. The Morgan fingerprint density at radius 1 is 1.53 bits per heavy atom. The van der Waals surface area contributed by atoms with E-state index in [2.05, 4.69) is 9.97 Å². The second-order valence-electron chi connectivity index (χ2n) is 3.66. The Labute approximate surface area is 94.8 Å². The first kappa shape index (κ1) is 11.9. The fourth-order valence-electron chi connectivity index (χ4n) is 1.71. The van der Waals surface area contributed by atoms with Gasteiger partial charge in [0.05, 0.1) is 6.61 Å². The molecule has 0 aromatic carbocycles. The minimum atomic E-state index is -1.28. The second kappa shape index (κ2) is 4.37. The average molecular weight is 245 g/mol. The molecule has 9 heteroatoms. The number of aliphatic hydroxyl groups excluding tert-OH is 3. The molecule has 1 aromatic rings. The minimum Gasteiger partial charge on any atom is -0.394 e. The van der Waals surface area contributed by atoms with Gasteiger partial charge in [-0.15, -0.1) is 0 Å². The molecule has 0 amide bonds. The number of ether oxygens (including phenoxy) is 1. The monoisotopic (exact) mass is 245 g/mol. The number of nitrogens with one attached hydrogen (secondary N) is 1. The zero-order valence-electron chi connectivity index (χ0n) is 8.55. The molecule has 0 radical (unpaired) electrons. The fraction of sp³-hybridized carbons (Fsp3) is 0.625. The number of nitrogens with zero attached hydrogens (tertiary/aromatic N) is 2. The normalized spacial score (nSPS) is 32.9. The van der Waals surface area contributed by atoms with Crippen LogP contribution in [0, 0.1) is 10.1 Å². The first-order valence-electron chi connectivity index (χ1n) is 4.86. The van der Waals surface area contributed by atoms with Gasteiger partial charge in [-0.05, 0) is 4.92 Å². The van der Waals surface area contributed by atoms with Crippen LogP contribution in [0.25, 0.3) is 0 Å². The van der Waals surface area contributed by atoms with E-state index in [1.807, 2.05) is 0 Å². The van der Waals surface area contributed by atoms with Crippen molar-refractivity contribution in [1.82, 2.24) is 9.97 Å². The Kier molecular flexibility index (Phi) is 3.07. The summed E-state index contributed by atoms with van der Waals surface area (Å²) >= 11 is 0. The molecule has 0 bridgehead atoms. The smallest absolute Gasteiger partial charge is 0.394 e. The first-order chi connectivity index (χ1) is 8.04. The van der Waals surface area contributed by atoms with Gasteiger partial charge in [-0.25, -0.2) is 4.98 Å². The molecule has 4 N–H and O–H groups in total. The molecule has 0 aliphatic carbocycles. The van der Waals surface area contributed by atoms with Gasteiger partial charge in [0.15, 0.2) is 5.69 Å². The summed E-state index contributed by atoms with van der Waals surface area (Å²) in [7, 11) is 0. The molecule has 4 atom stereocenters. The molecule has 0 spiro atoms. The molecule has 1 aromatic heterocycles. The van der Waals surface area contributed by atoms with Gasteiger partial charge in [0.1, 0.15) is 30.6 Å². The van der Waals surface area contributed by atoms with Crippen LogP contribution in [-0.4, -0.2) is 55.1 Å². The van der Waals surface area contributed by atoms with Crippen LogP contribution in [0.4, 0.5) is 5.95 Å². The fourth-order valence-corrected chi connectivity index (χ4v) is 1.71. The lowest BCUT2D eigenvalue weighted by atomic mass is 10.1. The number of H-pyrrole nitrogens is 1. The lowest BCUT2D eigenvalue weighted by Gasteiger charge is -2.10. The van der Waals surface area contributed by atoms with Crippen LogP contribution < -0.4 is 0 Å². The maximum atomic E-state index is 10.4. The number of imidazole rings is 1. The van der Waals surface area contributed by atoms with Gasteiger partial charge in [0.25, 0.3) is 0 Å². The van der Waals surface area contributed by atoms with E-state index in [1.54, 1.807) is 0 Å². The van der Waals surface area contributed by atoms with E-state index in [0.29, 0.717) is 0 Å². The molecule has 2 heterocycles. The van der Waals surface area contributed by atoms with Crippen LogP contribution in [0.3, 0.4) is 0 Å². The SMILES string of the molecule is O=[N+]([O-])c1nc(C2O[C@H](CO)[C@@H](O)[C@@H]2O)c[nH]1. The highest BCUT2D eigenvalue weighted by Crippen LogP contribution is 2.32. The number of aromatic nitrogens is 2. The van der Waals surface area contributed by atoms with Gasteiger partial charge < -0.3 is 30.2 Å². The van der Waals surface area contributed by atoms with Crippen molar-refractivity contribution in [2.75, 3.05) is 6.61 Å². The molecule has 1 fully saturated rings. The molecule has 2 rings (SSSR count). The third-order valence-electron chi connectivity index (χ3n) is 2.59. The maximum Gasteiger partial charge on any atom is 0.432 e. The van der Waals surface area contributed by atoms with E-state index in [-0.39, 0.29) is 5.69 Å². The highest BCUT2D eigenvalue weighted by molar-refractivity contribution is 5.16. The van der Waals surface area contributed by atoms with Crippen LogP contribution >= 0.6 is 0 Å². The summed E-state index contributed by atoms with van der Waals surface area (Å²) in [6.45, 7) is -0.457. The van der Waals surface area contributed by atoms with E-state index >= 15 is 0 Å². The number of nitro groups is 1. The zero-order valence-corrected chi connectivity index (χ0v) is 8.55. The molecular weight excluding hydrogens is 234 g/mol. The summed E-state index contributed by atoms with van der Waals surface area (Å²) in [5.41, 5.74) is 0.110. The summed E-state index contributed by atoms with van der Waals surface area (Å²) in [5.74, 6) is -0.474. The third-order valence-corrected chi connectivity index (χ3v) is 2.59. The summed E-state index contributed by atoms with van der Waals surface area (Å²) in [6.07, 6.45) is -3.23. The highest BCUT2D eigenvalue weighted by atomic mass is 16.6. The molecule has 1 aliphatic heterocycles. The summed E-state index contributed by atoms with van der Waals surface area (Å²) in [6, 6.07) is 0. The van der Waals surface area contributed by atoms with E-state index in [1.165, 1.54) is 6.20 Å². The molecule has 9 nitrogen and oxygen atoms in total. The van der Waals surface area contributed by atoms with Gasteiger partial charge >= 0.3 is 5.95 Å². The molecular formula is C8H11N3O6. The first-order valence-corrected chi connectivity index (χ1v) is 4.86. The van der Waals surface area contributed by atoms with Gasteiger partial charge in [-0.2, -0.15) is 0 Å². The third kappa shape index (κ3) is 2.00. The van der Waals surface area contributed by atoms with Crippen molar-refractivity contribution in [3.05, 3.63) is 22.0 Å². The van der Waals surface area contributed by atoms with Gasteiger partial charge in [0.2, 0.25) is 0 Å². The van der Waals surface area contributed by atoms with Crippen molar-refractivity contribution in [2.24, 2.45) is 0 Å². The predicted octanol–water partition coefficient (Wildman–Crippen LogP) is -1.53. The van der Waals surface area contributed by atoms with Crippen molar-refractivity contribution in [3.8, 4) is 0 Å². The highest BCUT2D eigenvalue weighted by Gasteiger charge is 2.45. The lowest BCUT2D eigenvalue weighted by Crippen LogP contribution is -2.32. The van der Waals surface area contributed by atoms with E-state index in [9.17, 15) is 20.3 Å². The predicted molar refractivity (Wildman–Crippen MR) is 52.0 cm³/mol. The number of aromatic amines is 1. The van der Waals surface area contributed by atoms with Crippen LogP contribution in [-0.2, 0) is 4.74 Å². The topological polar surface area (TPSA) is 142 Å². The van der Waals surface area contributed by atoms with Gasteiger partial charge in [-0.1, -0.05) is 4.98 Å². The van der Waals surface area contributed by atoms with Gasteiger partial charge in [0, 0.05) is 0 Å². The van der Waals surface area contributed by atoms with Crippen LogP contribution in [0.5, 0.6) is 0 Å². The summed E-state index contributed by atoms with van der Waals surface area (Å²) < 4.78 is 5.16. The van der Waals surface area contributed by atoms with E-state index in [0.717, 1.165) is 0 Å². The molecule has 0 saturated carbocycles. The molecule has 1 aliphatic rings. The summed E-state index contributed by atoms with van der Waals surface area (Å²) in [5, 5.41) is 38.4. The van der Waals surface area contributed by atoms with Crippen molar-refractivity contribution in [1.29, 1.82) is 0 Å². The van der Waals surface area contributed by atoms with Crippen LogP contribution in [0.15, 0.2) is 6.20 Å². The maximum absolute atomic E-state index is 10.4. The second-order valence-corrected chi connectivity index (χ2v) is 3.66. The molecule has 1 saturated heterocycles. The Morgan fingerprint density at radius 2 is 2.24 bits per heavy atom. The van der Waals surface area contributed by atoms with Crippen molar-refractivity contribution < 1.29 is 25.0 Å². The molecule has 1 unspecified atom stereocenters. The zero-order chi connectivity index (χ0) is 12.6. The Bertz CT molecular complexity index is 421. The number of hydrogen-bond donors (Lipinski definition) is 4. The summed E-state index contributed by atoms with van der Waals surface area (Å²) in [4.78, 5) is 15.6. The van der Waals surface area contributed by atoms with Crippen molar-refractivity contribution >= 4 is 5.95 Å². The standard InChI is InChI=1S/C8H11N3O6/c12-2-4-5(13)6(14)7(17-4)3-1-9-8(10-3)11(15)16/h1,4-7,12-14H,2H2,(H,9,10)/t4-,5-,6+,7?/m1/s1. The van der Waals surface area contributed by atoms with Crippen molar-refractivity contribution in [3.63, 3.8) is 0 Å². The van der Waals surface area contributed by atoms with Crippen LogP contribution in [0.2, 0.25) is 0 Å². The largest absolute Gasteiger partial charge is 0.432 e. The lowest BCUT2D eigenvalue weighted by molar-refractivity contribution is -0.393. The van der Waals surface area contributed by atoms with Crippen molar-refractivity contribution in [2.45, 2.75) is 24.4 Å². The van der Waals surface area contributed by atoms with E-state index in [4.69, 9.17) is 9.84 Å². The quantitative estimate of drug-likeness (QED) is 0.374. The molecule has 94 valence electrons. The van der Waals surface area contributed by atoms with Gasteiger partial charge in [-0.3, -0.25) is 0 Å². The number of hydrogen-bond acceptors (Lipinski definition) is 7. The Balaban J connectivity index is 2.19. The number of aliphatic hydroxyl groups is 3. The Morgan fingerprint density at radius 3 is 2.71 bits per heavy atom. The Hall–Kier alpha value is -1.55. The van der Waals surface area contributed by atoms with E-state index < -0.39 is 41.9 Å².